The monoisotopic (exact) mass is 231 g/mol. The topological polar surface area (TPSA) is 35.3 Å². The van der Waals surface area contributed by atoms with Crippen LogP contribution in [0.1, 0.15) is 23.8 Å². The molecule has 1 fully saturated rings. The summed E-state index contributed by atoms with van der Waals surface area (Å²) in [5.74, 6) is 1.33. The minimum absolute atomic E-state index is 0.431. The predicted molar refractivity (Wildman–Crippen MR) is 47.1 cm³/mol. The Morgan fingerprint density at radius 1 is 1.58 bits per heavy atom. The Hall–Kier alpha value is -0.350. The van der Waals surface area contributed by atoms with Gasteiger partial charge in [-0.05, 0) is 13.3 Å². The molecule has 1 aliphatic rings. The summed E-state index contributed by atoms with van der Waals surface area (Å²) < 4.78 is 10.6. The second kappa shape index (κ2) is 3.18. The fraction of sp³-hybridized carbons (Fsp3) is 0.625. The number of nitrogens with zero attached hydrogens (tertiary/aromatic N) is 1. The van der Waals surface area contributed by atoms with Crippen LogP contribution < -0.4 is 0 Å². The molecule has 0 radical (unpaired) electrons. The van der Waals surface area contributed by atoms with Crippen molar-refractivity contribution < 1.29 is 9.15 Å². The molecule has 1 unspecified atom stereocenters. The maximum Gasteiger partial charge on any atom is 0.264 e. The molecule has 2 rings (SSSR count). The minimum Gasteiger partial charge on any atom is -0.436 e. The Kier molecular flexibility index (Phi) is 2.19. The summed E-state index contributed by atoms with van der Waals surface area (Å²) >= 11 is 3.21. The quantitative estimate of drug-likeness (QED) is 0.744. The van der Waals surface area contributed by atoms with Crippen LogP contribution in [-0.4, -0.2) is 18.2 Å². The van der Waals surface area contributed by atoms with Crippen molar-refractivity contribution in [2.24, 2.45) is 0 Å². The zero-order valence-corrected chi connectivity index (χ0v) is 8.43. The molecule has 4 heteroatoms. The number of hydrogen-bond donors (Lipinski definition) is 0. The lowest BCUT2D eigenvalue weighted by atomic mass is 10.0. The highest BCUT2D eigenvalue weighted by Gasteiger charge is 2.23. The lowest BCUT2D eigenvalue weighted by Gasteiger charge is -2.01. The second-order valence-corrected chi connectivity index (χ2v) is 3.65. The third-order valence-corrected chi connectivity index (χ3v) is 2.46. The van der Waals surface area contributed by atoms with E-state index in [4.69, 9.17) is 9.15 Å². The number of aryl methyl sites for hydroxylation is 1. The van der Waals surface area contributed by atoms with Crippen LogP contribution in [0.15, 0.2) is 9.22 Å². The molecule has 1 atom stereocenters. The van der Waals surface area contributed by atoms with E-state index in [1.807, 2.05) is 6.92 Å². The molecule has 1 aromatic rings. The summed E-state index contributed by atoms with van der Waals surface area (Å²) in [6.45, 7) is 3.56. The lowest BCUT2D eigenvalue weighted by molar-refractivity contribution is 0.193. The first-order chi connectivity index (χ1) is 5.77. The standard InChI is InChI=1S/C8H10BrNO2/c1-5-7(10-8(9)12-5)6-2-3-11-4-6/h6H,2-4H2,1H3. The molecule has 12 heavy (non-hydrogen) atoms. The van der Waals surface area contributed by atoms with Gasteiger partial charge >= 0.3 is 0 Å². The van der Waals surface area contributed by atoms with E-state index >= 15 is 0 Å². The maximum absolute atomic E-state index is 5.28. The first-order valence-corrected chi connectivity index (χ1v) is 4.77. The van der Waals surface area contributed by atoms with E-state index in [9.17, 15) is 0 Å². The van der Waals surface area contributed by atoms with Crippen molar-refractivity contribution in [3.63, 3.8) is 0 Å². The predicted octanol–water partition coefficient (Wildman–Crippen LogP) is 2.25. The van der Waals surface area contributed by atoms with Crippen molar-refractivity contribution in [1.29, 1.82) is 0 Å². The van der Waals surface area contributed by atoms with Crippen LogP contribution >= 0.6 is 15.9 Å². The summed E-state index contributed by atoms with van der Waals surface area (Å²) in [5.41, 5.74) is 1.04. The van der Waals surface area contributed by atoms with E-state index in [2.05, 4.69) is 20.9 Å². The van der Waals surface area contributed by atoms with E-state index in [-0.39, 0.29) is 0 Å². The van der Waals surface area contributed by atoms with Gasteiger partial charge in [0.15, 0.2) is 0 Å². The number of ether oxygens (including phenoxy) is 1. The van der Waals surface area contributed by atoms with Crippen molar-refractivity contribution in [1.82, 2.24) is 4.98 Å². The number of rotatable bonds is 1. The molecule has 0 bridgehead atoms. The molecular weight excluding hydrogens is 222 g/mol. The Morgan fingerprint density at radius 2 is 2.42 bits per heavy atom. The van der Waals surface area contributed by atoms with Crippen LogP contribution in [-0.2, 0) is 4.74 Å². The summed E-state index contributed by atoms with van der Waals surface area (Å²) in [5, 5.41) is 0. The zero-order valence-electron chi connectivity index (χ0n) is 6.84. The average molecular weight is 232 g/mol. The zero-order chi connectivity index (χ0) is 8.55. The largest absolute Gasteiger partial charge is 0.436 e. The van der Waals surface area contributed by atoms with Crippen molar-refractivity contribution in [2.45, 2.75) is 19.3 Å². The second-order valence-electron chi connectivity index (χ2n) is 2.97. The molecule has 0 amide bonds. The number of halogens is 1. The van der Waals surface area contributed by atoms with Crippen LogP contribution in [0.3, 0.4) is 0 Å². The van der Waals surface area contributed by atoms with Crippen molar-refractivity contribution in [3.05, 3.63) is 16.3 Å². The van der Waals surface area contributed by atoms with E-state index in [0.29, 0.717) is 10.7 Å². The van der Waals surface area contributed by atoms with E-state index < -0.39 is 0 Å². The van der Waals surface area contributed by atoms with E-state index in [0.717, 1.165) is 31.1 Å². The van der Waals surface area contributed by atoms with Gasteiger partial charge < -0.3 is 9.15 Å². The maximum atomic E-state index is 5.28. The van der Waals surface area contributed by atoms with Crippen LogP contribution in [0.5, 0.6) is 0 Å². The van der Waals surface area contributed by atoms with Crippen LogP contribution in [0, 0.1) is 6.92 Å². The molecular formula is C8H10BrNO2. The van der Waals surface area contributed by atoms with Crippen LogP contribution in [0.2, 0.25) is 0 Å². The molecule has 1 aromatic heterocycles. The minimum atomic E-state index is 0.431. The summed E-state index contributed by atoms with van der Waals surface area (Å²) in [6, 6.07) is 0. The summed E-state index contributed by atoms with van der Waals surface area (Å²) in [7, 11) is 0. The fourth-order valence-electron chi connectivity index (χ4n) is 1.50. The van der Waals surface area contributed by atoms with Gasteiger partial charge in [0.25, 0.3) is 4.80 Å². The van der Waals surface area contributed by atoms with Gasteiger partial charge in [0.2, 0.25) is 0 Å². The highest BCUT2D eigenvalue weighted by molar-refractivity contribution is 9.10. The molecule has 3 nitrogen and oxygen atoms in total. The number of oxazole rings is 1. The third-order valence-electron chi connectivity index (χ3n) is 2.12. The number of hydrogen-bond acceptors (Lipinski definition) is 3. The fourth-order valence-corrected chi connectivity index (χ4v) is 1.94. The molecule has 0 saturated carbocycles. The molecule has 1 saturated heterocycles. The van der Waals surface area contributed by atoms with Gasteiger partial charge in [-0.15, -0.1) is 0 Å². The van der Waals surface area contributed by atoms with Crippen LogP contribution in [0.4, 0.5) is 0 Å². The molecule has 0 spiro atoms. The molecule has 2 heterocycles. The molecule has 66 valence electrons. The molecule has 1 aliphatic heterocycles. The van der Waals surface area contributed by atoms with E-state index in [1.54, 1.807) is 0 Å². The SMILES string of the molecule is Cc1oc(Br)nc1C1CCOC1. The van der Waals surface area contributed by atoms with Crippen molar-refractivity contribution >= 4 is 15.9 Å². The first-order valence-electron chi connectivity index (χ1n) is 3.98. The Labute approximate surface area is 79.2 Å². The average Bonchev–Trinajstić information content (AvgIpc) is 2.58. The highest BCUT2D eigenvalue weighted by atomic mass is 79.9. The summed E-state index contributed by atoms with van der Waals surface area (Å²) in [6.07, 6.45) is 1.06. The number of aromatic nitrogens is 1. The van der Waals surface area contributed by atoms with Gasteiger partial charge in [0.1, 0.15) is 5.76 Å². The van der Waals surface area contributed by atoms with Gasteiger partial charge in [-0.2, -0.15) is 0 Å². The van der Waals surface area contributed by atoms with Gasteiger partial charge in [0.05, 0.1) is 12.3 Å². The van der Waals surface area contributed by atoms with Gasteiger partial charge in [0, 0.05) is 28.5 Å². The first kappa shape index (κ1) is 8.26. The van der Waals surface area contributed by atoms with Crippen molar-refractivity contribution in [3.8, 4) is 0 Å². The molecule has 0 aromatic carbocycles. The highest BCUT2D eigenvalue weighted by Crippen LogP contribution is 2.28. The van der Waals surface area contributed by atoms with Gasteiger partial charge in [-0.25, -0.2) is 4.98 Å². The van der Waals surface area contributed by atoms with Gasteiger partial charge in [-0.3, -0.25) is 0 Å². The Bertz CT molecular complexity index is 279. The van der Waals surface area contributed by atoms with Gasteiger partial charge in [-0.1, -0.05) is 0 Å². The molecule has 0 aliphatic carbocycles. The Balaban J connectivity index is 2.25. The van der Waals surface area contributed by atoms with Crippen molar-refractivity contribution in [2.75, 3.05) is 13.2 Å². The Morgan fingerprint density at radius 3 is 2.92 bits per heavy atom. The smallest absolute Gasteiger partial charge is 0.264 e. The van der Waals surface area contributed by atoms with E-state index in [1.165, 1.54) is 0 Å². The third kappa shape index (κ3) is 1.41. The lowest BCUT2D eigenvalue weighted by Crippen LogP contribution is -1.99. The van der Waals surface area contributed by atoms with Crippen LogP contribution in [0.25, 0.3) is 0 Å². The normalized spacial score (nSPS) is 23.3. The summed E-state index contributed by atoms with van der Waals surface area (Å²) in [4.78, 5) is 4.83. The molecule has 0 N–H and O–H groups in total.